The van der Waals surface area contributed by atoms with Crippen molar-refractivity contribution >= 4 is 7.28 Å². The van der Waals surface area contributed by atoms with Gasteiger partial charge >= 0.3 is 0 Å². The summed E-state index contributed by atoms with van der Waals surface area (Å²) in [5.74, 6) is 3.89. The zero-order valence-electron chi connectivity index (χ0n) is 9.13. The van der Waals surface area contributed by atoms with E-state index < -0.39 is 0 Å². The van der Waals surface area contributed by atoms with Gasteiger partial charge in [0.2, 0.25) is 0 Å². The van der Waals surface area contributed by atoms with Crippen molar-refractivity contribution < 1.29 is 0 Å². The van der Waals surface area contributed by atoms with E-state index in [1.54, 1.807) is 0 Å². The molecule has 4 atom stereocenters. The van der Waals surface area contributed by atoms with E-state index in [0.717, 1.165) is 23.5 Å². The highest BCUT2D eigenvalue weighted by Crippen LogP contribution is 2.43. The Bertz CT molecular complexity index is 149. The smallest absolute Gasteiger partial charge is 0.0660 e. The van der Waals surface area contributed by atoms with Gasteiger partial charge in [0, 0.05) is 0 Å². The third kappa shape index (κ3) is 2.11. The highest BCUT2D eigenvalue weighted by atomic mass is 14.3. The molecule has 0 aromatic carbocycles. The van der Waals surface area contributed by atoms with Gasteiger partial charge in [-0.15, -0.1) is 0 Å². The van der Waals surface area contributed by atoms with Gasteiger partial charge in [-0.05, 0) is 11.8 Å². The predicted octanol–water partition coefficient (Wildman–Crippen LogP) is 3.91. The Kier molecular flexibility index (Phi) is 3.01. The molecule has 2 fully saturated rings. The Morgan fingerprint density at radius 3 is 1.54 bits per heavy atom. The summed E-state index contributed by atoms with van der Waals surface area (Å²) in [6.45, 7) is 4.88. The standard InChI is InChI=1S/C12H22B/c1-9-5-3-7-11(9)13-12-8-4-6-10(12)2/h9-12H,3-8H2,1-2H3. The van der Waals surface area contributed by atoms with Crippen LogP contribution in [0.15, 0.2) is 0 Å². The Labute approximate surface area is 83.7 Å². The summed E-state index contributed by atoms with van der Waals surface area (Å²) in [5.41, 5.74) is 0. The molecule has 2 rings (SSSR count). The molecule has 2 saturated carbocycles. The van der Waals surface area contributed by atoms with Gasteiger partial charge < -0.3 is 0 Å². The Balaban J connectivity index is 1.82. The molecule has 1 radical (unpaired) electrons. The second-order valence-electron chi connectivity index (χ2n) is 5.34. The molecule has 0 bridgehead atoms. The molecular weight excluding hydrogens is 155 g/mol. The van der Waals surface area contributed by atoms with Crippen LogP contribution in [0.2, 0.25) is 11.6 Å². The summed E-state index contributed by atoms with van der Waals surface area (Å²) in [7, 11) is 2.72. The predicted molar refractivity (Wildman–Crippen MR) is 59.3 cm³/mol. The summed E-state index contributed by atoms with van der Waals surface area (Å²) in [4.78, 5) is 0. The first-order valence-corrected chi connectivity index (χ1v) is 6.12. The lowest BCUT2D eigenvalue weighted by molar-refractivity contribution is 0.569. The summed E-state index contributed by atoms with van der Waals surface area (Å²) in [6.07, 6.45) is 8.85. The van der Waals surface area contributed by atoms with E-state index in [2.05, 4.69) is 21.1 Å². The van der Waals surface area contributed by atoms with Gasteiger partial charge in [0.1, 0.15) is 7.28 Å². The van der Waals surface area contributed by atoms with Gasteiger partial charge in [-0.2, -0.15) is 0 Å². The van der Waals surface area contributed by atoms with E-state index in [1.165, 1.54) is 38.5 Å². The Hall–Kier alpha value is 0.0649. The van der Waals surface area contributed by atoms with Crippen LogP contribution in [0, 0.1) is 11.8 Å². The molecule has 0 nitrogen and oxygen atoms in total. The van der Waals surface area contributed by atoms with Crippen molar-refractivity contribution in [1.29, 1.82) is 0 Å². The first-order valence-electron chi connectivity index (χ1n) is 6.12. The van der Waals surface area contributed by atoms with E-state index in [1.807, 2.05) is 0 Å². The second kappa shape index (κ2) is 4.06. The van der Waals surface area contributed by atoms with Gasteiger partial charge in [0.25, 0.3) is 0 Å². The zero-order valence-corrected chi connectivity index (χ0v) is 9.13. The minimum absolute atomic E-state index is 0.963. The zero-order chi connectivity index (χ0) is 9.26. The van der Waals surface area contributed by atoms with Crippen LogP contribution in [-0.2, 0) is 0 Å². The summed E-state index contributed by atoms with van der Waals surface area (Å²) < 4.78 is 0. The maximum absolute atomic E-state index is 2.72. The molecule has 73 valence electrons. The molecular formula is C12H22B. The fourth-order valence-electron chi connectivity index (χ4n) is 3.24. The van der Waals surface area contributed by atoms with E-state index in [9.17, 15) is 0 Å². The third-order valence-corrected chi connectivity index (χ3v) is 4.35. The van der Waals surface area contributed by atoms with Crippen molar-refractivity contribution in [2.75, 3.05) is 0 Å². The van der Waals surface area contributed by atoms with Gasteiger partial charge in [0.05, 0.1) is 0 Å². The molecule has 4 unspecified atom stereocenters. The van der Waals surface area contributed by atoms with Crippen LogP contribution >= 0.6 is 0 Å². The van der Waals surface area contributed by atoms with Gasteiger partial charge in [-0.3, -0.25) is 0 Å². The quantitative estimate of drug-likeness (QED) is 0.561. The number of hydrogen-bond donors (Lipinski definition) is 0. The topological polar surface area (TPSA) is 0 Å². The van der Waals surface area contributed by atoms with Crippen LogP contribution in [0.25, 0.3) is 0 Å². The first-order chi connectivity index (χ1) is 6.27. The Morgan fingerprint density at radius 1 is 0.769 bits per heavy atom. The van der Waals surface area contributed by atoms with Crippen molar-refractivity contribution in [3.63, 3.8) is 0 Å². The van der Waals surface area contributed by atoms with Gasteiger partial charge in [-0.25, -0.2) is 0 Å². The first kappa shape index (κ1) is 9.61. The molecule has 0 heterocycles. The molecule has 13 heavy (non-hydrogen) atoms. The van der Waals surface area contributed by atoms with E-state index >= 15 is 0 Å². The van der Waals surface area contributed by atoms with Gasteiger partial charge in [-0.1, -0.05) is 64.0 Å². The summed E-state index contributed by atoms with van der Waals surface area (Å²) in [5, 5.41) is 0. The Morgan fingerprint density at radius 2 is 1.23 bits per heavy atom. The van der Waals surface area contributed by atoms with Crippen LogP contribution in [-0.4, -0.2) is 7.28 Å². The monoisotopic (exact) mass is 177 g/mol. The molecule has 0 aromatic heterocycles. The van der Waals surface area contributed by atoms with Crippen LogP contribution in [0.5, 0.6) is 0 Å². The maximum Gasteiger partial charge on any atom is 0.118 e. The normalized spacial score (nSPS) is 45.4. The molecule has 0 aromatic rings. The van der Waals surface area contributed by atoms with Crippen molar-refractivity contribution in [3.8, 4) is 0 Å². The molecule has 0 N–H and O–H groups in total. The van der Waals surface area contributed by atoms with Gasteiger partial charge in [0.15, 0.2) is 0 Å². The molecule has 0 saturated heterocycles. The van der Waals surface area contributed by atoms with Crippen molar-refractivity contribution in [2.24, 2.45) is 11.8 Å². The maximum atomic E-state index is 2.72. The van der Waals surface area contributed by atoms with E-state index in [4.69, 9.17) is 0 Å². The lowest BCUT2D eigenvalue weighted by Gasteiger charge is -2.21. The fourth-order valence-corrected chi connectivity index (χ4v) is 3.24. The molecule has 2 aliphatic rings. The van der Waals surface area contributed by atoms with E-state index in [-0.39, 0.29) is 0 Å². The van der Waals surface area contributed by atoms with Crippen LogP contribution in [0.3, 0.4) is 0 Å². The minimum atomic E-state index is 0.963. The van der Waals surface area contributed by atoms with Crippen LogP contribution in [0.1, 0.15) is 52.4 Å². The largest absolute Gasteiger partial charge is 0.118 e. The summed E-state index contributed by atoms with van der Waals surface area (Å²) >= 11 is 0. The third-order valence-electron chi connectivity index (χ3n) is 4.35. The van der Waals surface area contributed by atoms with Crippen molar-refractivity contribution in [3.05, 3.63) is 0 Å². The molecule has 1 heteroatoms. The van der Waals surface area contributed by atoms with Crippen LogP contribution in [0.4, 0.5) is 0 Å². The van der Waals surface area contributed by atoms with Crippen molar-refractivity contribution in [1.82, 2.24) is 0 Å². The second-order valence-corrected chi connectivity index (χ2v) is 5.34. The number of rotatable bonds is 2. The van der Waals surface area contributed by atoms with E-state index in [0.29, 0.717) is 0 Å². The molecule has 2 aliphatic carbocycles. The lowest BCUT2D eigenvalue weighted by Crippen LogP contribution is -2.15. The molecule has 0 spiro atoms. The number of hydrogen-bond acceptors (Lipinski definition) is 0. The highest BCUT2D eigenvalue weighted by Gasteiger charge is 2.31. The van der Waals surface area contributed by atoms with Crippen LogP contribution < -0.4 is 0 Å². The minimum Gasteiger partial charge on any atom is -0.0660 e. The fraction of sp³-hybridized carbons (Fsp3) is 1.00. The average molecular weight is 177 g/mol. The summed E-state index contributed by atoms with van der Waals surface area (Å²) in [6, 6.07) is 0. The SMILES string of the molecule is CC1CCCC1[B]C1CCCC1C. The lowest BCUT2D eigenvalue weighted by atomic mass is 9.50. The highest BCUT2D eigenvalue weighted by molar-refractivity contribution is 6.40. The average Bonchev–Trinajstić information content (AvgIpc) is 2.65. The molecule has 0 amide bonds. The van der Waals surface area contributed by atoms with Crippen molar-refractivity contribution in [2.45, 2.75) is 64.0 Å². The molecule has 0 aliphatic heterocycles.